The summed E-state index contributed by atoms with van der Waals surface area (Å²) < 4.78 is 57.0. The molecule has 29 heavy (non-hydrogen) atoms. The minimum Gasteiger partial charge on any atom is -0.497 e. The number of carbonyl (C=O) groups is 1. The Hall–Kier alpha value is -2.68. The maximum absolute atomic E-state index is 13.5. The van der Waals surface area contributed by atoms with Crippen LogP contribution in [0.3, 0.4) is 0 Å². The number of sulfonamides is 1. The van der Waals surface area contributed by atoms with Crippen molar-refractivity contribution in [3.05, 3.63) is 59.7 Å². The quantitative estimate of drug-likeness (QED) is 0.626. The Morgan fingerprint density at radius 2 is 1.90 bits per heavy atom. The van der Waals surface area contributed by atoms with Crippen molar-refractivity contribution in [2.24, 2.45) is 0 Å². The van der Waals surface area contributed by atoms with Crippen LogP contribution < -0.4 is 14.4 Å². The van der Waals surface area contributed by atoms with E-state index in [2.05, 4.69) is 5.32 Å². The molecule has 2 aromatic carbocycles. The molecule has 0 aliphatic heterocycles. The molecule has 0 heterocycles. The molecule has 0 saturated heterocycles. The third-order valence-electron chi connectivity index (χ3n) is 4.32. The second-order valence-electron chi connectivity index (χ2n) is 6.58. The third kappa shape index (κ3) is 6.15. The lowest BCUT2D eigenvalue weighted by molar-refractivity contribution is -0.121. The zero-order valence-electron chi connectivity index (χ0n) is 16.5. The van der Waals surface area contributed by atoms with Gasteiger partial charge in [-0.25, -0.2) is 17.2 Å². The lowest BCUT2D eigenvalue weighted by Gasteiger charge is -2.28. The first-order valence-corrected chi connectivity index (χ1v) is 10.8. The number of benzene rings is 2. The summed E-state index contributed by atoms with van der Waals surface area (Å²) in [6, 6.07) is 9.12. The van der Waals surface area contributed by atoms with Crippen molar-refractivity contribution < 1.29 is 26.7 Å². The summed E-state index contributed by atoms with van der Waals surface area (Å²) in [5, 5.41) is 2.69. The summed E-state index contributed by atoms with van der Waals surface area (Å²) in [5.74, 6) is -2.08. The Labute approximate surface area is 169 Å². The van der Waals surface area contributed by atoms with Gasteiger partial charge in [0.1, 0.15) is 11.8 Å². The van der Waals surface area contributed by atoms with Gasteiger partial charge in [-0.05, 0) is 49.6 Å². The molecule has 6 nitrogen and oxygen atoms in total. The molecule has 0 bridgehead atoms. The molecular formula is C20H24F2N2O4S. The van der Waals surface area contributed by atoms with Gasteiger partial charge in [0.05, 0.1) is 19.1 Å². The van der Waals surface area contributed by atoms with Gasteiger partial charge < -0.3 is 10.1 Å². The van der Waals surface area contributed by atoms with Gasteiger partial charge >= 0.3 is 0 Å². The normalized spacial score (nSPS) is 12.3. The van der Waals surface area contributed by atoms with E-state index in [1.807, 2.05) is 24.3 Å². The van der Waals surface area contributed by atoms with Crippen LogP contribution in [0.2, 0.25) is 0 Å². The molecule has 0 aliphatic rings. The summed E-state index contributed by atoms with van der Waals surface area (Å²) in [7, 11) is -2.32. The minimum absolute atomic E-state index is 0.120. The lowest BCUT2D eigenvalue weighted by Crippen LogP contribution is -2.48. The first-order chi connectivity index (χ1) is 13.6. The fourth-order valence-electron chi connectivity index (χ4n) is 2.91. The van der Waals surface area contributed by atoms with Crippen molar-refractivity contribution in [1.82, 2.24) is 5.32 Å². The molecule has 158 valence electrons. The number of hydrogen-bond donors (Lipinski definition) is 1. The van der Waals surface area contributed by atoms with Crippen LogP contribution in [-0.2, 0) is 21.2 Å². The van der Waals surface area contributed by atoms with Crippen molar-refractivity contribution >= 4 is 21.6 Å². The SMILES string of the molecule is COc1cccc(CCCNC(=O)[C@H](C)N(c2ccc(F)c(F)c2)S(C)(=O)=O)c1. The average molecular weight is 426 g/mol. The molecule has 0 spiro atoms. The van der Waals surface area contributed by atoms with E-state index in [1.54, 1.807) is 7.11 Å². The van der Waals surface area contributed by atoms with E-state index in [0.717, 1.165) is 40.1 Å². The highest BCUT2D eigenvalue weighted by atomic mass is 32.2. The van der Waals surface area contributed by atoms with Crippen molar-refractivity contribution in [3.63, 3.8) is 0 Å². The van der Waals surface area contributed by atoms with Gasteiger partial charge in [-0.3, -0.25) is 9.10 Å². The van der Waals surface area contributed by atoms with Gasteiger partial charge in [-0.1, -0.05) is 12.1 Å². The van der Waals surface area contributed by atoms with E-state index < -0.39 is 33.6 Å². The van der Waals surface area contributed by atoms with E-state index in [-0.39, 0.29) is 5.69 Å². The standard InChI is InChI=1S/C20H24F2N2O4S/c1-14(24(29(3,26)27)16-9-10-18(21)19(22)13-16)20(25)23-11-5-7-15-6-4-8-17(12-15)28-2/h4,6,8-10,12-14H,5,7,11H2,1-3H3,(H,23,25)/t14-/m0/s1. The molecule has 0 unspecified atom stereocenters. The number of carbonyl (C=O) groups excluding carboxylic acids is 1. The summed E-state index contributed by atoms with van der Waals surface area (Å²) in [6.07, 6.45) is 2.24. The first kappa shape index (κ1) is 22.6. The van der Waals surface area contributed by atoms with Gasteiger partial charge in [0.25, 0.3) is 0 Å². The van der Waals surface area contributed by atoms with Crippen LogP contribution in [0, 0.1) is 11.6 Å². The minimum atomic E-state index is -3.90. The van der Waals surface area contributed by atoms with Crippen LogP contribution in [0.4, 0.5) is 14.5 Å². The maximum Gasteiger partial charge on any atom is 0.243 e. The van der Waals surface area contributed by atoms with Gasteiger partial charge in [-0.15, -0.1) is 0 Å². The number of hydrogen-bond acceptors (Lipinski definition) is 4. The number of aryl methyl sites for hydroxylation is 1. The van der Waals surface area contributed by atoms with E-state index in [0.29, 0.717) is 19.4 Å². The molecule has 2 rings (SSSR count). The Morgan fingerprint density at radius 3 is 2.52 bits per heavy atom. The number of anilines is 1. The summed E-state index contributed by atoms with van der Waals surface area (Å²) in [4.78, 5) is 12.5. The number of amides is 1. The monoisotopic (exact) mass is 426 g/mol. The molecule has 2 aromatic rings. The number of rotatable bonds is 9. The van der Waals surface area contributed by atoms with Crippen LogP contribution in [0.15, 0.2) is 42.5 Å². The zero-order chi connectivity index (χ0) is 21.6. The second-order valence-corrected chi connectivity index (χ2v) is 8.44. The van der Waals surface area contributed by atoms with Gasteiger partial charge in [-0.2, -0.15) is 0 Å². The lowest BCUT2D eigenvalue weighted by atomic mass is 10.1. The smallest absolute Gasteiger partial charge is 0.243 e. The fraction of sp³-hybridized carbons (Fsp3) is 0.350. The van der Waals surface area contributed by atoms with E-state index in [1.165, 1.54) is 6.92 Å². The third-order valence-corrected chi connectivity index (χ3v) is 5.56. The summed E-state index contributed by atoms with van der Waals surface area (Å²) in [5.41, 5.74) is 0.927. The molecule has 1 N–H and O–H groups in total. The van der Waals surface area contributed by atoms with Crippen molar-refractivity contribution in [3.8, 4) is 5.75 Å². The molecule has 1 amide bonds. The molecule has 0 saturated carbocycles. The van der Waals surface area contributed by atoms with Gasteiger partial charge in [0.2, 0.25) is 15.9 Å². The Bertz CT molecular complexity index is 967. The molecule has 1 atom stereocenters. The van der Waals surface area contributed by atoms with Crippen molar-refractivity contribution in [2.75, 3.05) is 24.2 Å². The van der Waals surface area contributed by atoms with Gasteiger partial charge in [0.15, 0.2) is 11.6 Å². The molecule has 0 radical (unpaired) electrons. The number of ether oxygens (including phenoxy) is 1. The van der Waals surface area contributed by atoms with Gasteiger partial charge in [0, 0.05) is 12.6 Å². The largest absolute Gasteiger partial charge is 0.497 e. The zero-order valence-corrected chi connectivity index (χ0v) is 17.3. The van der Waals surface area contributed by atoms with E-state index >= 15 is 0 Å². The van der Waals surface area contributed by atoms with E-state index in [4.69, 9.17) is 4.74 Å². The van der Waals surface area contributed by atoms with Crippen molar-refractivity contribution in [1.29, 1.82) is 0 Å². The highest BCUT2D eigenvalue weighted by Crippen LogP contribution is 2.23. The predicted octanol–water partition coefficient (Wildman–Crippen LogP) is 2.88. The summed E-state index contributed by atoms with van der Waals surface area (Å²) in [6.45, 7) is 1.72. The number of nitrogens with zero attached hydrogens (tertiary/aromatic N) is 1. The second kappa shape index (κ2) is 9.69. The van der Waals surface area contributed by atoms with Crippen LogP contribution in [0.5, 0.6) is 5.75 Å². The topological polar surface area (TPSA) is 75.7 Å². The van der Waals surface area contributed by atoms with Crippen molar-refractivity contribution in [2.45, 2.75) is 25.8 Å². The molecule has 0 aliphatic carbocycles. The number of nitrogens with one attached hydrogen (secondary N) is 1. The maximum atomic E-state index is 13.5. The molecular weight excluding hydrogens is 402 g/mol. The van der Waals surface area contributed by atoms with E-state index in [9.17, 15) is 22.0 Å². The predicted molar refractivity (Wildman–Crippen MR) is 107 cm³/mol. The number of halogens is 2. The highest BCUT2D eigenvalue weighted by Gasteiger charge is 2.29. The summed E-state index contributed by atoms with van der Waals surface area (Å²) >= 11 is 0. The average Bonchev–Trinajstić information content (AvgIpc) is 2.67. The van der Waals surface area contributed by atoms with Crippen LogP contribution in [0.1, 0.15) is 18.9 Å². The van der Waals surface area contributed by atoms with Crippen LogP contribution in [0.25, 0.3) is 0 Å². The molecule has 0 fully saturated rings. The van der Waals surface area contributed by atoms with Crippen LogP contribution in [-0.4, -0.2) is 40.3 Å². The number of methoxy groups -OCH3 is 1. The Kier molecular flexibility index (Phi) is 7.55. The first-order valence-electron chi connectivity index (χ1n) is 8.98. The highest BCUT2D eigenvalue weighted by molar-refractivity contribution is 7.92. The Morgan fingerprint density at radius 1 is 1.17 bits per heavy atom. The molecule has 9 heteroatoms. The van der Waals surface area contributed by atoms with Crippen LogP contribution >= 0.6 is 0 Å². The molecule has 0 aromatic heterocycles. The Balaban J connectivity index is 2.00. The fourth-order valence-corrected chi connectivity index (χ4v) is 4.08.